The molecule has 0 saturated carbocycles. The van der Waals surface area contributed by atoms with Gasteiger partial charge in [0.2, 0.25) is 5.91 Å². The molecule has 0 radical (unpaired) electrons. The number of allylic oxidation sites excluding steroid dienone is 3. The first-order chi connectivity index (χ1) is 22.0. The van der Waals surface area contributed by atoms with Crippen molar-refractivity contribution >= 4 is 13.7 Å². The minimum atomic E-state index is -4.56. The molecule has 3 unspecified atom stereocenters. The second-order valence-corrected chi connectivity index (χ2v) is 15.3. The molecule has 8 nitrogen and oxygen atoms in total. The Morgan fingerprint density at radius 1 is 0.739 bits per heavy atom. The summed E-state index contributed by atoms with van der Waals surface area (Å²) < 4.78 is 22.9. The van der Waals surface area contributed by atoms with E-state index in [1.54, 1.807) is 6.08 Å². The fourth-order valence-electron chi connectivity index (χ4n) is 5.09. The van der Waals surface area contributed by atoms with E-state index in [1.807, 2.05) is 27.2 Å². The number of hydrogen-bond acceptors (Lipinski definition) is 6. The molecule has 0 spiro atoms. The second kappa shape index (κ2) is 30.1. The number of nitrogens with zero attached hydrogens (tertiary/aromatic N) is 1. The number of phosphoric acid groups is 1. The molecule has 9 heteroatoms. The molecule has 3 atom stereocenters. The van der Waals surface area contributed by atoms with Gasteiger partial charge in [0.15, 0.2) is 0 Å². The van der Waals surface area contributed by atoms with E-state index in [9.17, 15) is 19.4 Å². The normalized spacial score (nSPS) is 15.0. The van der Waals surface area contributed by atoms with Crippen LogP contribution in [0.3, 0.4) is 0 Å². The largest absolute Gasteiger partial charge is 0.756 e. The summed E-state index contributed by atoms with van der Waals surface area (Å²) in [5, 5.41) is 13.5. The minimum absolute atomic E-state index is 0.00180. The van der Waals surface area contributed by atoms with Crippen LogP contribution in [-0.2, 0) is 18.4 Å². The van der Waals surface area contributed by atoms with Crippen LogP contribution in [0.15, 0.2) is 24.3 Å². The average Bonchev–Trinajstić information content (AvgIpc) is 2.99. The highest BCUT2D eigenvalue weighted by Gasteiger charge is 2.23. The van der Waals surface area contributed by atoms with Crippen LogP contribution in [0.4, 0.5) is 0 Å². The summed E-state index contributed by atoms with van der Waals surface area (Å²) in [5.41, 5.74) is 0. The SMILES string of the molecule is CCCCC/C=C/C(O)C(COP(=O)([O-])OCC[N+](C)(C)C)NC(=O)CCCCCCCCCCC/C=C\CCCCCCCC. The number of aliphatic hydroxyl groups is 1. The molecule has 0 aliphatic carbocycles. The molecule has 46 heavy (non-hydrogen) atoms. The van der Waals surface area contributed by atoms with Crippen molar-refractivity contribution < 1.29 is 32.9 Å². The molecule has 1 amide bonds. The van der Waals surface area contributed by atoms with E-state index >= 15 is 0 Å². The quantitative estimate of drug-likeness (QED) is 0.0312. The third-order valence-corrected chi connectivity index (χ3v) is 9.12. The maximum Gasteiger partial charge on any atom is 0.268 e. The Balaban J connectivity index is 4.21. The molecule has 0 heterocycles. The molecule has 0 aromatic carbocycles. The Morgan fingerprint density at radius 2 is 1.20 bits per heavy atom. The summed E-state index contributed by atoms with van der Waals surface area (Å²) in [6.45, 7) is 4.51. The monoisotopic (exact) mass is 673 g/mol. The number of unbranched alkanes of at least 4 members (excludes halogenated alkanes) is 18. The van der Waals surface area contributed by atoms with Crippen molar-refractivity contribution in [1.82, 2.24) is 5.32 Å². The number of carbonyl (C=O) groups excluding carboxylic acids is 1. The molecule has 0 bridgehead atoms. The molecule has 0 fully saturated rings. The number of nitrogens with one attached hydrogen (secondary N) is 1. The van der Waals surface area contributed by atoms with E-state index in [0.29, 0.717) is 17.4 Å². The third kappa shape index (κ3) is 31.6. The zero-order valence-corrected chi connectivity index (χ0v) is 31.4. The molecule has 0 aliphatic rings. The topological polar surface area (TPSA) is 108 Å². The summed E-state index contributed by atoms with van der Waals surface area (Å²) in [4.78, 5) is 25.0. The summed E-state index contributed by atoms with van der Waals surface area (Å²) >= 11 is 0. The van der Waals surface area contributed by atoms with Gasteiger partial charge in [-0.1, -0.05) is 128 Å². The third-order valence-electron chi connectivity index (χ3n) is 8.16. The molecule has 0 aromatic heterocycles. The lowest BCUT2D eigenvalue weighted by Gasteiger charge is -2.29. The number of rotatable bonds is 33. The van der Waals surface area contributed by atoms with E-state index in [4.69, 9.17) is 9.05 Å². The van der Waals surface area contributed by atoms with Crippen LogP contribution in [0.1, 0.15) is 155 Å². The number of phosphoric ester groups is 1. The average molecular weight is 673 g/mol. The summed E-state index contributed by atoms with van der Waals surface area (Å²) in [5.74, 6) is -0.209. The Bertz CT molecular complexity index is 814. The first kappa shape index (κ1) is 45.0. The molecule has 0 rings (SSSR count). The van der Waals surface area contributed by atoms with Gasteiger partial charge in [-0.3, -0.25) is 9.36 Å². The van der Waals surface area contributed by atoms with Gasteiger partial charge >= 0.3 is 0 Å². The maximum atomic E-state index is 12.7. The highest BCUT2D eigenvalue weighted by atomic mass is 31.2. The molecule has 0 aliphatic heterocycles. The summed E-state index contributed by atoms with van der Waals surface area (Å²) in [6, 6.07) is -0.880. The van der Waals surface area contributed by atoms with Crippen LogP contribution < -0.4 is 10.2 Å². The number of carbonyl (C=O) groups is 1. The smallest absolute Gasteiger partial charge is 0.268 e. The van der Waals surface area contributed by atoms with Crippen LogP contribution in [-0.4, -0.2) is 68.5 Å². The first-order valence-corrected chi connectivity index (χ1v) is 20.2. The van der Waals surface area contributed by atoms with Crippen molar-refractivity contribution in [3.8, 4) is 0 Å². The highest BCUT2D eigenvalue weighted by Crippen LogP contribution is 2.38. The van der Waals surface area contributed by atoms with E-state index in [2.05, 4.69) is 31.3 Å². The molecular formula is C37H73N2O6P. The van der Waals surface area contributed by atoms with Gasteiger partial charge < -0.3 is 28.8 Å². The van der Waals surface area contributed by atoms with Gasteiger partial charge in [-0.25, -0.2) is 0 Å². The van der Waals surface area contributed by atoms with E-state index in [-0.39, 0.29) is 19.1 Å². The van der Waals surface area contributed by atoms with Crippen LogP contribution in [0.5, 0.6) is 0 Å². The van der Waals surface area contributed by atoms with Gasteiger partial charge in [0.25, 0.3) is 7.82 Å². The molecule has 272 valence electrons. The van der Waals surface area contributed by atoms with Crippen molar-refractivity contribution in [2.24, 2.45) is 0 Å². The van der Waals surface area contributed by atoms with Crippen molar-refractivity contribution in [3.05, 3.63) is 24.3 Å². The van der Waals surface area contributed by atoms with Gasteiger partial charge in [0, 0.05) is 6.42 Å². The number of hydrogen-bond donors (Lipinski definition) is 2. The van der Waals surface area contributed by atoms with Crippen LogP contribution in [0, 0.1) is 0 Å². The minimum Gasteiger partial charge on any atom is -0.756 e. The first-order valence-electron chi connectivity index (χ1n) is 18.7. The number of aliphatic hydroxyl groups excluding tert-OH is 1. The lowest BCUT2D eigenvalue weighted by Crippen LogP contribution is -2.45. The van der Waals surface area contributed by atoms with Crippen LogP contribution in [0.2, 0.25) is 0 Å². The number of quaternary nitrogens is 1. The number of likely N-dealkylation sites (N-methyl/N-ethyl adjacent to an activating group) is 1. The van der Waals surface area contributed by atoms with E-state index in [1.165, 1.54) is 89.9 Å². The maximum absolute atomic E-state index is 12.7. The Kier molecular flexibility index (Phi) is 29.4. The van der Waals surface area contributed by atoms with Gasteiger partial charge in [-0.15, -0.1) is 0 Å². The number of amides is 1. The predicted molar refractivity (Wildman–Crippen MR) is 192 cm³/mol. The molecule has 0 saturated heterocycles. The summed E-state index contributed by atoms with van der Waals surface area (Å²) in [6.07, 6.45) is 32.6. The fraction of sp³-hybridized carbons (Fsp3) is 0.865. The van der Waals surface area contributed by atoms with Crippen molar-refractivity contribution in [2.45, 2.75) is 167 Å². The second-order valence-electron chi connectivity index (χ2n) is 13.9. The Labute approximate surface area is 284 Å². The molecule has 2 N–H and O–H groups in total. The van der Waals surface area contributed by atoms with Crippen LogP contribution in [0.25, 0.3) is 0 Å². The highest BCUT2D eigenvalue weighted by molar-refractivity contribution is 7.45. The van der Waals surface area contributed by atoms with Gasteiger partial charge in [-0.05, 0) is 44.9 Å². The lowest BCUT2D eigenvalue weighted by atomic mass is 10.0. The zero-order valence-electron chi connectivity index (χ0n) is 30.5. The predicted octanol–water partition coefficient (Wildman–Crippen LogP) is 8.77. The summed E-state index contributed by atoms with van der Waals surface area (Å²) in [7, 11) is 1.25. The Hall–Kier alpha value is -1.02. The van der Waals surface area contributed by atoms with Crippen molar-refractivity contribution in [3.63, 3.8) is 0 Å². The molecular weight excluding hydrogens is 599 g/mol. The van der Waals surface area contributed by atoms with E-state index in [0.717, 1.165) is 44.9 Å². The van der Waals surface area contributed by atoms with Crippen molar-refractivity contribution in [2.75, 3.05) is 40.9 Å². The van der Waals surface area contributed by atoms with Gasteiger partial charge in [-0.2, -0.15) is 0 Å². The zero-order chi connectivity index (χ0) is 34.4. The fourth-order valence-corrected chi connectivity index (χ4v) is 5.81. The van der Waals surface area contributed by atoms with Crippen molar-refractivity contribution in [1.29, 1.82) is 0 Å². The van der Waals surface area contributed by atoms with Gasteiger partial charge in [0.1, 0.15) is 13.2 Å². The Morgan fingerprint density at radius 3 is 1.74 bits per heavy atom. The van der Waals surface area contributed by atoms with Gasteiger partial charge in [0.05, 0.1) is 39.9 Å². The molecule has 0 aromatic rings. The standard InChI is InChI=1S/C37H73N2O6P/c1-6-8-10-12-13-14-15-16-17-18-19-20-21-22-23-24-25-27-29-31-37(41)38-35(36(40)30-28-26-11-9-7-2)34-45-46(42,43)44-33-32-39(3,4)5/h16-17,28,30,35-36,40H,6-15,18-27,29,31-34H2,1-5H3,(H-,38,41,42,43)/b17-16-,30-28+. The lowest BCUT2D eigenvalue weighted by molar-refractivity contribution is -0.870. The van der Waals surface area contributed by atoms with E-state index < -0.39 is 20.0 Å². The van der Waals surface area contributed by atoms with Crippen LogP contribution >= 0.6 is 7.82 Å².